The SMILES string of the molecule is CC(C)(CC(O)(Cc1ccnc2ccccc12)C(F)(F)F)c1cc(Br)cc2c1OCCC2. The maximum Gasteiger partial charge on any atom is 0.417 e. The maximum atomic E-state index is 14.3. The molecule has 7 heteroatoms. The lowest BCUT2D eigenvalue weighted by atomic mass is 9.72. The summed E-state index contributed by atoms with van der Waals surface area (Å²) in [7, 11) is 0. The number of ether oxygens (including phenoxy) is 1. The summed E-state index contributed by atoms with van der Waals surface area (Å²) in [4.78, 5) is 4.23. The topological polar surface area (TPSA) is 42.4 Å². The fraction of sp³-hybridized carbons (Fsp3) is 0.400. The monoisotopic (exact) mass is 507 g/mol. The molecule has 0 bridgehead atoms. The van der Waals surface area contributed by atoms with Crippen molar-refractivity contribution in [3.63, 3.8) is 0 Å². The van der Waals surface area contributed by atoms with Gasteiger partial charge in [0.05, 0.1) is 12.1 Å². The molecule has 2 heterocycles. The Morgan fingerprint density at radius 3 is 2.62 bits per heavy atom. The molecule has 1 atom stereocenters. The van der Waals surface area contributed by atoms with Crippen molar-refractivity contribution in [2.24, 2.45) is 0 Å². The molecule has 32 heavy (non-hydrogen) atoms. The first kappa shape index (κ1) is 23.1. The highest BCUT2D eigenvalue weighted by atomic mass is 79.9. The molecule has 0 spiro atoms. The zero-order valence-corrected chi connectivity index (χ0v) is 19.6. The summed E-state index contributed by atoms with van der Waals surface area (Å²) in [5, 5.41) is 11.7. The number of para-hydroxylation sites is 1. The third-order valence-electron chi connectivity index (χ3n) is 6.18. The molecule has 2 aromatic carbocycles. The largest absolute Gasteiger partial charge is 0.493 e. The predicted octanol–water partition coefficient (Wildman–Crippen LogP) is 6.53. The fourth-order valence-corrected chi connectivity index (χ4v) is 5.16. The lowest BCUT2D eigenvalue weighted by Crippen LogP contribution is -2.51. The van der Waals surface area contributed by atoms with Gasteiger partial charge in [0.15, 0.2) is 5.60 Å². The van der Waals surface area contributed by atoms with Gasteiger partial charge in [0.2, 0.25) is 0 Å². The smallest absolute Gasteiger partial charge is 0.417 e. The van der Waals surface area contributed by atoms with Crippen molar-refractivity contribution >= 4 is 26.8 Å². The highest BCUT2D eigenvalue weighted by Gasteiger charge is 2.56. The second kappa shape index (κ2) is 8.34. The van der Waals surface area contributed by atoms with Crippen LogP contribution in [0.4, 0.5) is 13.2 Å². The van der Waals surface area contributed by atoms with Gasteiger partial charge in [-0.1, -0.05) is 48.0 Å². The number of fused-ring (bicyclic) bond motifs is 2. The van der Waals surface area contributed by atoms with Crippen LogP contribution in [0.2, 0.25) is 0 Å². The van der Waals surface area contributed by atoms with Gasteiger partial charge in [-0.3, -0.25) is 4.98 Å². The number of aromatic nitrogens is 1. The highest BCUT2D eigenvalue weighted by molar-refractivity contribution is 9.10. The molecule has 0 saturated heterocycles. The second-order valence-electron chi connectivity index (χ2n) is 9.15. The van der Waals surface area contributed by atoms with Crippen molar-refractivity contribution < 1.29 is 23.0 Å². The number of hydrogen-bond donors (Lipinski definition) is 1. The molecule has 0 radical (unpaired) electrons. The van der Waals surface area contributed by atoms with Gasteiger partial charge in [0.1, 0.15) is 5.75 Å². The van der Waals surface area contributed by atoms with E-state index in [1.165, 1.54) is 6.20 Å². The number of pyridine rings is 1. The van der Waals surface area contributed by atoms with E-state index in [4.69, 9.17) is 4.74 Å². The Kier molecular flexibility index (Phi) is 6.01. The van der Waals surface area contributed by atoms with E-state index < -0.39 is 30.0 Å². The van der Waals surface area contributed by atoms with Crippen LogP contribution in [0.5, 0.6) is 5.75 Å². The van der Waals surface area contributed by atoms with Crippen LogP contribution < -0.4 is 4.74 Å². The number of hydrogen-bond acceptors (Lipinski definition) is 3. The third-order valence-corrected chi connectivity index (χ3v) is 6.64. The van der Waals surface area contributed by atoms with Crippen LogP contribution in [0.1, 0.15) is 43.4 Å². The minimum atomic E-state index is -4.82. The summed E-state index contributed by atoms with van der Waals surface area (Å²) in [6.07, 6.45) is -2.72. The number of benzene rings is 2. The molecule has 3 nitrogen and oxygen atoms in total. The normalized spacial score (nSPS) is 16.3. The van der Waals surface area contributed by atoms with E-state index in [-0.39, 0.29) is 0 Å². The summed E-state index contributed by atoms with van der Waals surface area (Å²) in [6.45, 7) is 3.99. The van der Waals surface area contributed by atoms with Crippen LogP contribution in [-0.2, 0) is 18.3 Å². The van der Waals surface area contributed by atoms with Gasteiger partial charge in [-0.05, 0) is 60.1 Å². The van der Waals surface area contributed by atoms with E-state index >= 15 is 0 Å². The molecule has 0 aliphatic carbocycles. The predicted molar refractivity (Wildman–Crippen MR) is 122 cm³/mol. The Bertz CT molecular complexity index is 1140. The molecule has 1 aromatic heterocycles. The van der Waals surface area contributed by atoms with E-state index in [9.17, 15) is 18.3 Å². The standard InChI is InChI=1S/C25H25BrF3NO2/c1-23(2,20-13-18(26)12-16-6-5-11-32-22(16)20)15-24(31,25(27,28)29)14-17-9-10-30-21-8-4-3-7-19(17)21/h3-4,7-10,12-13,31H,5-6,11,14-15H2,1-2H3. The van der Waals surface area contributed by atoms with E-state index in [1.54, 1.807) is 44.2 Å². The molecular formula is C25H25BrF3NO2. The van der Waals surface area contributed by atoms with Crippen LogP contribution in [0.15, 0.2) is 53.1 Å². The van der Waals surface area contributed by atoms with Crippen molar-refractivity contribution in [2.75, 3.05) is 6.61 Å². The number of rotatable bonds is 5. The molecule has 1 aliphatic rings. The molecule has 0 saturated carbocycles. The average Bonchev–Trinajstić information content (AvgIpc) is 2.72. The molecule has 170 valence electrons. The molecule has 4 rings (SSSR count). The first-order valence-corrected chi connectivity index (χ1v) is 11.4. The third kappa shape index (κ3) is 4.37. The van der Waals surface area contributed by atoms with Crippen LogP contribution in [0, 0.1) is 0 Å². The minimum Gasteiger partial charge on any atom is -0.493 e. The van der Waals surface area contributed by atoms with Crippen LogP contribution in [-0.4, -0.2) is 28.5 Å². The molecule has 0 amide bonds. The summed E-state index contributed by atoms with van der Waals surface area (Å²) >= 11 is 3.49. The number of alkyl halides is 3. The Balaban J connectivity index is 1.75. The molecule has 1 N–H and O–H groups in total. The van der Waals surface area contributed by atoms with E-state index in [1.807, 2.05) is 12.1 Å². The van der Waals surface area contributed by atoms with Gasteiger partial charge >= 0.3 is 6.18 Å². The van der Waals surface area contributed by atoms with E-state index in [2.05, 4.69) is 20.9 Å². The number of aliphatic hydroxyl groups is 1. The molecule has 1 unspecified atom stereocenters. The van der Waals surface area contributed by atoms with Gasteiger partial charge < -0.3 is 9.84 Å². The fourth-order valence-electron chi connectivity index (χ4n) is 4.66. The number of halogens is 4. The Labute approximate surface area is 193 Å². The number of aryl methyl sites for hydroxylation is 1. The van der Waals surface area contributed by atoms with E-state index in [0.717, 1.165) is 22.9 Å². The van der Waals surface area contributed by atoms with Crippen molar-refractivity contribution in [3.8, 4) is 5.75 Å². The van der Waals surface area contributed by atoms with Gasteiger partial charge in [-0.2, -0.15) is 13.2 Å². The lowest BCUT2D eigenvalue weighted by molar-refractivity contribution is -0.266. The Morgan fingerprint density at radius 2 is 1.88 bits per heavy atom. The van der Waals surface area contributed by atoms with Gasteiger partial charge in [0, 0.05) is 28.0 Å². The van der Waals surface area contributed by atoms with Gasteiger partial charge in [-0.25, -0.2) is 0 Å². The minimum absolute atomic E-state index is 0.416. The Morgan fingerprint density at radius 1 is 1.12 bits per heavy atom. The quantitative estimate of drug-likeness (QED) is 0.427. The summed E-state index contributed by atoms with van der Waals surface area (Å²) < 4.78 is 49.7. The first-order valence-electron chi connectivity index (χ1n) is 10.6. The van der Waals surface area contributed by atoms with E-state index in [0.29, 0.717) is 34.4 Å². The lowest BCUT2D eigenvalue weighted by Gasteiger charge is -2.39. The zero-order chi connectivity index (χ0) is 23.1. The van der Waals surface area contributed by atoms with Crippen molar-refractivity contribution in [1.29, 1.82) is 0 Å². The summed E-state index contributed by atoms with van der Waals surface area (Å²) in [5.41, 5.74) is -1.27. The molecule has 0 fully saturated rings. The molecule has 3 aromatic rings. The van der Waals surface area contributed by atoms with Crippen LogP contribution in [0.25, 0.3) is 10.9 Å². The van der Waals surface area contributed by atoms with Crippen LogP contribution in [0.3, 0.4) is 0 Å². The highest BCUT2D eigenvalue weighted by Crippen LogP contribution is 2.47. The van der Waals surface area contributed by atoms with Crippen LogP contribution >= 0.6 is 15.9 Å². The van der Waals surface area contributed by atoms with Crippen molar-refractivity contribution in [2.45, 2.75) is 56.7 Å². The first-order chi connectivity index (χ1) is 15.0. The van der Waals surface area contributed by atoms with Gasteiger partial charge in [0.25, 0.3) is 0 Å². The second-order valence-corrected chi connectivity index (χ2v) is 10.1. The number of nitrogens with zero attached hydrogens (tertiary/aromatic N) is 1. The van der Waals surface area contributed by atoms with Crippen molar-refractivity contribution in [3.05, 3.63) is 69.8 Å². The van der Waals surface area contributed by atoms with Crippen molar-refractivity contribution in [1.82, 2.24) is 4.98 Å². The zero-order valence-electron chi connectivity index (χ0n) is 18.0. The average molecular weight is 508 g/mol. The molecular weight excluding hydrogens is 483 g/mol. The van der Waals surface area contributed by atoms with Gasteiger partial charge in [-0.15, -0.1) is 0 Å². The maximum absolute atomic E-state index is 14.3. The summed E-state index contributed by atoms with van der Waals surface area (Å²) in [5.74, 6) is 0.642. The molecule has 1 aliphatic heterocycles. The Hall–Kier alpha value is -2.12. The summed E-state index contributed by atoms with van der Waals surface area (Å²) in [6, 6.07) is 12.3.